The highest BCUT2D eigenvalue weighted by atomic mass is 16.5. The van der Waals surface area contributed by atoms with Crippen molar-refractivity contribution < 1.29 is 14.3 Å². The lowest BCUT2D eigenvalue weighted by Crippen LogP contribution is -2.50. The topological polar surface area (TPSA) is 59.5 Å². The van der Waals surface area contributed by atoms with E-state index < -0.39 is 5.41 Å². The maximum atomic E-state index is 13.0. The van der Waals surface area contributed by atoms with Gasteiger partial charge in [-0.05, 0) is 63.6 Å². The number of hydrogen-bond acceptors (Lipinski definition) is 4. The number of ether oxygens (including phenoxy) is 1. The molecule has 2 aromatic rings. The van der Waals surface area contributed by atoms with Crippen molar-refractivity contribution in [2.24, 2.45) is 5.41 Å². The number of hydrogen-bond donors (Lipinski definition) is 0. The molecule has 0 unspecified atom stereocenters. The van der Waals surface area contributed by atoms with Crippen molar-refractivity contribution in [3.8, 4) is 0 Å². The Kier molecular flexibility index (Phi) is 7.02. The highest BCUT2D eigenvalue weighted by Gasteiger charge is 2.44. The number of piperidine rings is 1. The zero-order chi connectivity index (χ0) is 20.7. The van der Waals surface area contributed by atoms with Gasteiger partial charge in [-0.15, -0.1) is 0 Å². The monoisotopic (exact) mass is 394 g/mol. The average Bonchev–Trinajstić information content (AvgIpc) is 2.74. The van der Waals surface area contributed by atoms with Crippen LogP contribution >= 0.6 is 0 Å². The minimum atomic E-state index is -0.636. The van der Waals surface area contributed by atoms with Crippen LogP contribution in [0.5, 0.6) is 0 Å². The second-order valence-electron chi connectivity index (χ2n) is 7.83. The smallest absolute Gasteiger partial charge is 0.313 e. The number of aryl methyl sites for hydroxylation is 2. The summed E-state index contributed by atoms with van der Waals surface area (Å²) in [6.45, 7) is 5.10. The third-order valence-electron chi connectivity index (χ3n) is 5.64. The van der Waals surface area contributed by atoms with Crippen molar-refractivity contribution in [2.45, 2.75) is 46.0 Å². The van der Waals surface area contributed by atoms with Gasteiger partial charge >= 0.3 is 5.97 Å². The van der Waals surface area contributed by atoms with Crippen LogP contribution in [0.4, 0.5) is 0 Å². The number of amides is 1. The van der Waals surface area contributed by atoms with Gasteiger partial charge in [-0.2, -0.15) is 0 Å². The number of esters is 1. The van der Waals surface area contributed by atoms with Gasteiger partial charge in [-0.25, -0.2) is 4.98 Å². The molecule has 1 aromatic carbocycles. The van der Waals surface area contributed by atoms with E-state index in [4.69, 9.17) is 4.74 Å². The molecule has 29 heavy (non-hydrogen) atoms. The van der Waals surface area contributed by atoms with Crippen molar-refractivity contribution in [3.63, 3.8) is 0 Å². The number of likely N-dealkylation sites (tertiary alicyclic amines) is 1. The second kappa shape index (κ2) is 9.68. The molecule has 1 aliphatic rings. The Hall–Kier alpha value is -2.69. The van der Waals surface area contributed by atoms with Gasteiger partial charge in [0.15, 0.2) is 0 Å². The van der Waals surface area contributed by atoms with E-state index >= 15 is 0 Å². The van der Waals surface area contributed by atoms with Crippen molar-refractivity contribution in [1.82, 2.24) is 9.88 Å². The van der Waals surface area contributed by atoms with E-state index in [2.05, 4.69) is 17.1 Å². The Labute approximate surface area is 173 Å². The number of aromatic nitrogens is 1. The normalized spacial score (nSPS) is 19.0. The molecule has 0 radical (unpaired) electrons. The molecule has 1 saturated heterocycles. The molecule has 3 rings (SSSR count). The molecule has 0 saturated carbocycles. The standard InChI is InChI=1S/C24H30N2O3/c1-3-29-23(28)24(15-8-13-20-11-5-4-6-12-20)16-9-17-26(18-24)22(27)21-14-7-10-19(2)25-21/h4-7,10-12,14H,3,8-9,13,15-18H2,1-2H3/t24-/m1/s1. The highest BCUT2D eigenvalue weighted by Crippen LogP contribution is 2.37. The molecule has 1 amide bonds. The summed E-state index contributed by atoms with van der Waals surface area (Å²) in [5.74, 6) is -0.284. The number of rotatable bonds is 7. The maximum absolute atomic E-state index is 13.0. The molecule has 5 heteroatoms. The third kappa shape index (κ3) is 5.22. The van der Waals surface area contributed by atoms with Crippen LogP contribution in [0, 0.1) is 12.3 Å². The molecular formula is C24H30N2O3. The predicted molar refractivity (Wildman–Crippen MR) is 113 cm³/mol. The fourth-order valence-corrected chi connectivity index (χ4v) is 4.16. The lowest BCUT2D eigenvalue weighted by Gasteiger charge is -2.41. The Morgan fingerprint density at radius 1 is 1.14 bits per heavy atom. The van der Waals surface area contributed by atoms with Gasteiger partial charge in [0.2, 0.25) is 0 Å². The summed E-state index contributed by atoms with van der Waals surface area (Å²) in [5.41, 5.74) is 1.88. The van der Waals surface area contributed by atoms with Gasteiger partial charge in [0, 0.05) is 18.8 Å². The van der Waals surface area contributed by atoms with E-state index in [1.54, 1.807) is 11.0 Å². The summed E-state index contributed by atoms with van der Waals surface area (Å²) in [4.78, 5) is 32.1. The molecule has 154 valence electrons. The van der Waals surface area contributed by atoms with Crippen molar-refractivity contribution in [3.05, 3.63) is 65.5 Å². The van der Waals surface area contributed by atoms with E-state index in [0.29, 0.717) is 31.8 Å². The quantitative estimate of drug-likeness (QED) is 0.661. The van der Waals surface area contributed by atoms with Gasteiger partial charge in [-0.3, -0.25) is 9.59 Å². The van der Waals surface area contributed by atoms with Crippen LogP contribution in [0.3, 0.4) is 0 Å². The molecule has 1 fully saturated rings. The van der Waals surface area contributed by atoms with Gasteiger partial charge in [-0.1, -0.05) is 36.4 Å². The molecule has 5 nitrogen and oxygen atoms in total. The molecule has 0 aliphatic carbocycles. The molecule has 0 spiro atoms. The first kappa shape index (κ1) is 21.0. The first-order chi connectivity index (χ1) is 14.0. The van der Waals surface area contributed by atoms with Crippen LogP contribution in [0.1, 0.15) is 54.4 Å². The molecule has 0 N–H and O–H groups in total. The zero-order valence-electron chi connectivity index (χ0n) is 17.4. The zero-order valence-corrected chi connectivity index (χ0v) is 17.4. The van der Waals surface area contributed by atoms with Gasteiger partial charge in [0.05, 0.1) is 12.0 Å². The average molecular weight is 395 g/mol. The van der Waals surface area contributed by atoms with Gasteiger partial charge in [0.25, 0.3) is 5.91 Å². The molecule has 1 aliphatic heterocycles. The number of carbonyl (C=O) groups excluding carboxylic acids is 2. The second-order valence-corrected chi connectivity index (χ2v) is 7.83. The number of benzene rings is 1. The molecule has 0 bridgehead atoms. The SMILES string of the molecule is CCOC(=O)[C@]1(CCCc2ccccc2)CCCN(C(=O)c2cccc(C)n2)C1. The fourth-order valence-electron chi connectivity index (χ4n) is 4.16. The Morgan fingerprint density at radius 2 is 1.93 bits per heavy atom. The lowest BCUT2D eigenvalue weighted by molar-refractivity contribution is -0.159. The van der Waals surface area contributed by atoms with Crippen LogP contribution in [0.25, 0.3) is 0 Å². The molecule has 1 aromatic heterocycles. The summed E-state index contributed by atoms with van der Waals surface area (Å²) >= 11 is 0. The minimum Gasteiger partial charge on any atom is -0.466 e. The molecule has 2 heterocycles. The summed E-state index contributed by atoms with van der Waals surface area (Å²) < 4.78 is 5.45. The molecular weight excluding hydrogens is 364 g/mol. The van der Waals surface area contributed by atoms with E-state index in [9.17, 15) is 9.59 Å². The lowest BCUT2D eigenvalue weighted by atomic mass is 9.75. The Bertz CT molecular complexity index is 837. The van der Waals surface area contributed by atoms with E-state index in [1.165, 1.54) is 5.56 Å². The van der Waals surface area contributed by atoms with Crippen molar-refractivity contribution in [2.75, 3.05) is 19.7 Å². The van der Waals surface area contributed by atoms with Crippen LogP contribution in [-0.2, 0) is 16.0 Å². The predicted octanol–water partition coefficient (Wildman–Crippen LogP) is 4.20. The fraction of sp³-hybridized carbons (Fsp3) is 0.458. The summed E-state index contributed by atoms with van der Waals surface area (Å²) in [5, 5.41) is 0. The van der Waals surface area contributed by atoms with Crippen LogP contribution in [0.2, 0.25) is 0 Å². The van der Waals surface area contributed by atoms with Crippen LogP contribution < -0.4 is 0 Å². The minimum absolute atomic E-state index is 0.106. The summed E-state index contributed by atoms with van der Waals surface area (Å²) in [7, 11) is 0. The van der Waals surface area contributed by atoms with Crippen LogP contribution in [-0.4, -0.2) is 41.5 Å². The first-order valence-corrected chi connectivity index (χ1v) is 10.5. The number of carbonyl (C=O) groups is 2. The summed E-state index contributed by atoms with van der Waals surface area (Å²) in [6, 6.07) is 15.8. The number of pyridine rings is 1. The first-order valence-electron chi connectivity index (χ1n) is 10.5. The van der Waals surface area contributed by atoms with E-state index in [0.717, 1.165) is 31.4 Å². The summed E-state index contributed by atoms with van der Waals surface area (Å²) in [6.07, 6.45) is 4.06. The van der Waals surface area contributed by atoms with E-state index in [1.807, 2.05) is 44.2 Å². The Balaban J connectivity index is 1.74. The number of nitrogens with zero attached hydrogens (tertiary/aromatic N) is 2. The van der Waals surface area contributed by atoms with Crippen LogP contribution in [0.15, 0.2) is 48.5 Å². The largest absolute Gasteiger partial charge is 0.466 e. The van der Waals surface area contributed by atoms with Crippen molar-refractivity contribution >= 4 is 11.9 Å². The van der Waals surface area contributed by atoms with Gasteiger partial charge in [0.1, 0.15) is 5.69 Å². The third-order valence-corrected chi connectivity index (χ3v) is 5.64. The van der Waals surface area contributed by atoms with E-state index in [-0.39, 0.29) is 11.9 Å². The maximum Gasteiger partial charge on any atom is 0.313 e. The van der Waals surface area contributed by atoms with Gasteiger partial charge < -0.3 is 9.64 Å². The highest BCUT2D eigenvalue weighted by molar-refractivity contribution is 5.93. The van der Waals surface area contributed by atoms with Crippen molar-refractivity contribution in [1.29, 1.82) is 0 Å². The Morgan fingerprint density at radius 3 is 2.66 bits per heavy atom. The molecule has 1 atom stereocenters.